The SMILES string of the molecule is CC(C[PH](=O)N1CC1)c1ccc(N)c(Cc2cccc(C(=P)N(C)C)c2)c1. The Morgan fingerprint density at radius 1 is 1.26 bits per heavy atom. The second-order valence-corrected chi connectivity index (χ2v) is 9.87. The summed E-state index contributed by atoms with van der Waals surface area (Å²) in [4.78, 5) is 2.05. The summed E-state index contributed by atoms with van der Waals surface area (Å²) in [7, 11) is 6.12. The molecule has 0 spiro atoms. The van der Waals surface area contributed by atoms with E-state index in [4.69, 9.17) is 5.73 Å². The van der Waals surface area contributed by atoms with Gasteiger partial charge < -0.3 is 10.3 Å². The first-order valence-electron chi connectivity index (χ1n) is 9.36. The number of hydrogen-bond acceptors (Lipinski definition) is 2. The van der Waals surface area contributed by atoms with Crippen LogP contribution in [0, 0.1) is 0 Å². The lowest BCUT2D eigenvalue weighted by Gasteiger charge is -2.16. The van der Waals surface area contributed by atoms with Gasteiger partial charge in [-0.25, -0.2) is 0 Å². The Balaban J connectivity index is 1.77. The molecular weight excluding hydrogens is 372 g/mol. The minimum absolute atomic E-state index is 0.276. The van der Waals surface area contributed by atoms with E-state index >= 15 is 0 Å². The molecular formula is C21H29N3OP2. The molecule has 6 heteroatoms. The number of nitrogens with two attached hydrogens (primary N) is 1. The molecule has 3 rings (SSSR count). The third-order valence-electron chi connectivity index (χ3n) is 5.06. The van der Waals surface area contributed by atoms with Crippen molar-refractivity contribution in [2.45, 2.75) is 19.3 Å². The van der Waals surface area contributed by atoms with Crippen molar-refractivity contribution in [3.63, 3.8) is 0 Å². The van der Waals surface area contributed by atoms with Gasteiger partial charge in [-0.05, 0) is 60.8 Å². The summed E-state index contributed by atoms with van der Waals surface area (Å²) in [6.07, 6.45) is 1.53. The Hall–Kier alpha value is -1.44. The number of rotatable bonds is 8. The van der Waals surface area contributed by atoms with Gasteiger partial charge in [0, 0.05) is 30.4 Å². The average Bonchev–Trinajstić information content (AvgIpc) is 3.48. The number of nitrogens with zero attached hydrogens (tertiary/aromatic N) is 2. The third kappa shape index (κ3) is 5.30. The lowest BCUT2D eigenvalue weighted by atomic mass is 9.95. The molecule has 0 aliphatic carbocycles. The molecule has 0 bridgehead atoms. The zero-order valence-electron chi connectivity index (χ0n) is 16.3. The maximum absolute atomic E-state index is 12.3. The van der Waals surface area contributed by atoms with E-state index in [2.05, 4.69) is 56.9 Å². The molecule has 1 saturated heterocycles. The molecule has 0 radical (unpaired) electrons. The van der Waals surface area contributed by atoms with Crippen molar-refractivity contribution in [1.82, 2.24) is 9.57 Å². The Bertz CT molecular complexity index is 862. The Morgan fingerprint density at radius 2 is 2.00 bits per heavy atom. The molecule has 2 unspecified atom stereocenters. The van der Waals surface area contributed by atoms with Gasteiger partial charge in [0.1, 0.15) is 7.95 Å². The summed E-state index contributed by atoms with van der Waals surface area (Å²) in [5.41, 5.74) is 12.8. The predicted molar refractivity (Wildman–Crippen MR) is 120 cm³/mol. The zero-order valence-corrected chi connectivity index (χ0v) is 18.3. The van der Waals surface area contributed by atoms with Crippen molar-refractivity contribution in [2.24, 2.45) is 0 Å². The lowest BCUT2D eigenvalue weighted by Crippen LogP contribution is -2.20. The lowest BCUT2D eigenvalue weighted by molar-refractivity contribution is 0.563. The van der Waals surface area contributed by atoms with Crippen LogP contribution >= 0.6 is 16.8 Å². The maximum atomic E-state index is 12.3. The van der Waals surface area contributed by atoms with E-state index in [1.165, 1.54) is 11.1 Å². The van der Waals surface area contributed by atoms with Gasteiger partial charge in [-0.15, -0.1) is 8.86 Å². The molecule has 2 aromatic rings. The molecule has 1 fully saturated rings. The van der Waals surface area contributed by atoms with Crippen LogP contribution in [0.2, 0.25) is 0 Å². The quantitative estimate of drug-likeness (QED) is 0.414. The minimum atomic E-state index is -1.61. The standard InChI is InChI=1S/C21H29N3OP2/c1-15(14-27(25)24-9-10-24)17-7-8-20(22)19(13-17)12-16-5-4-6-18(11-16)21(26)23(2)3/h4-8,11,13,15,26-27H,9-10,12,14,22H2,1-3H3. The Labute approximate surface area is 165 Å². The van der Waals surface area contributed by atoms with E-state index in [0.717, 1.165) is 47.9 Å². The van der Waals surface area contributed by atoms with Crippen LogP contribution in [0.4, 0.5) is 5.69 Å². The van der Waals surface area contributed by atoms with Crippen LogP contribution in [0.3, 0.4) is 0 Å². The molecule has 2 aromatic carbocycles. The van der Waals surface area contributed by atoms with Gasteiger partial charge in [0.25, 0.3) is 0 Å². The van der Waals surface area contributed by atoms with E-state index in [1.807, 2.05) is 25.1 Å². The largest absolute Gasteiger partial charge is 0.398 e. The summed E-state index contributed by atoms with van der Waals surface area (Å²) >= 11 is 0. The highest BCUT2D eigenvalue weighted by Crippen LogP contribution is 2.38. The van der Waals surface area contributed by atoms with Gasteiger partial charge >= 0.3 is 0 Å². The Morgan fingerprint density at radius 3 is 2.67 bits per heavy atom. The van der Waals surface area contributed by atoms with Gasteiger partial charge in [0.2, 0.25) is 0 Å². The average molecular weight is 401 g/mol. The summed E-state index contributed by atoms with van der Waals surface area (Å²) in [6, 6.07) is 14.7. The van der Waals surface area contributed by atoms with Crippen molar-refractivity contribution in [3.05, 3.63) is 64.7 Å². The van der Waals surface area contributed by atoms with Crippen molar-refractivity contribution >= 4 is 27.9 Å². The van der Waals surface area contributed by atoms with Crippen LogP contribution in [0.25, 0.3) is 0 Å². The van der Waals surface area contributed by atoms with E-state index in [0.29, 0.717) is 0 Å². The molecule has 2 N–H and O–H groups in total. The molecule has 2 atom stereocenters. The highest BCUT2D eigenvalue weighted by molar-refractivity contribution is 7.42. The van der Waals surface area contributed by atoms with E-state index < -0.39 is 7.95 Å². The van der Waals surface area contributed by atoms with Crippen molar-refractivity contribution in [1.29, 1.82) is 0 Å². The smallest absolute Gasteiger partial charge is 0.139 e. The topological polar surface area (TPSA) is 49.3 Å². The molecule has 1 heterocycles. The van der Waals surface area contributed by atoms with Crippen LogP contribution in [-0.4, -0.2) is 48.3 Å². The van der Waals surface area contributed by atoms with Gasteiger partial charge in [0.05, 0.1) is 0 Å². The molecule has 0 saturated carbocycles. The van der Waals surface area contributed by atoms with Gasteiger partial charge in [0.15, 0.2) is 0 Å². The first kappa shape index (κ1) is 20.3. The van der Waals surface area contributed by atoms with Gasteiger partial charge in [-0.1, -0.05) is 37.3 Å². The van der Waals surface area contributed by atoms with E-state index in [-0.39, 0.29) is 5.92 Å². The zero-order chi connectivity index (χ0) is 19.6. The molecule has 144 valence electrons. The first-order chi connectivity index (χ1) is 12.8. The van der Waals surface area contributed by atoms with E-state index in [9.17, 15) is 4.57 Å². The van der Waals surface area contributed by atoms with Crippen LogP contribution in [-0.2, 0) is 11.0 Å². The van der Waals surface area contributed by atoms with Crippen LogP contribution in [0.5, 0.6) is 0 Å². The van der Waals surface area contributed by atoms with Crippen LogP contribution in [0.15, 0.2) is 42.5 Å². The number of anilines is 1. The van der Waals surface area contributed by atoms with Crippen molar-refractivity contribution in [2.75, 3.05) is 39.1 Å². The fourth-order valence-electron chi connectivity index (χ4n) is 3.20. The molecule has 1 aliphatic rings. The second-order valence-electron chi connectivity index (χ2n) is 7.56. The van der Waals surface area contributed by atoms with Crippen molar-refractivity contribution < 1.29 is 4.57 Å². The van der Waals surface area contributed by atoms with Gasteiger partial charge in [-0.3, -0.25) is 9.57 Å². The predicted octanol–water partition coefficient (Wildman–Crippen LogP) is 3.94. The minimum Gasteiger partial charge on any atom is -0.398 e. The number of nitrogen functional groups attached to an aromatic ring is 1. The first-order valence-corrected chi connectivity index (χ1v) is 11.4. The maximum Gasteiger partial charge on any atom is 0.139 e. The Kier molecular flexibility index (Phi) is 6.55. The molecule has 4 nitrogen and oxygen atoms in total. The second kappa shape index (κ2) is 8.71. The highest BCUT2D eigenvalue weighted by atomic mass is 31.1. The third-order valence-corrected chi connectivity index (χ3v) is 7.91. The van der Waals surface area contributed by atoms with Crippen LogP contribution in [0.1, 0.15) is 35.1 Å². The molecule has 0 aromatic heterocycles. The van der Waals surface area contributed by atoms with Crippen LogP contribution < -0.4 is 5.73 Å². The fourth-order valence-corrected chi connectivity index (χ4v) is 4.97. The fraction of sp³-hybridized carbons (Fsp3) is 0.381. The molecule has 27 heavy (non-hydrogen) atoms. The molecule has 1 aliphatic heterocycles. The summed E-state index contributed by atoms with van der Waals surface area (Å²) in [5, 5.41) is 0. The molecule has 0 amide bonds. The summed E-state index contributed by atoms with van der Waals surface area (Å²) in [6.45, 7) is 4.14. The van der Waals surface area contributed by atoms with Gasteiger partial charge in [-0.2, -0.15) is 0 Å². The summed E-state index contributed by atoms with van der Waals surface area (Å²) in [5.74, 6) is 0.276. The number of benzene rings is 2. The van der Waals surface area contributed by atoms with E-state index in [1.54, 1.807) is 0 Å². The highest BCUT2D eigenvalue weighted by Gasteiger charge is 2.25. The monoisotopic (exact) mass is 401 g/mol. The summed E-state index contributed by atoms with van der Waals surface area (Å²) < 4.78 is 14.3. The van der Waals surface area contributed by atoms with Crippen molar-refractivity contribution in [3.8, 4) is 0 Å². The number of hydrogen-bond donors (Lipinski definition) is 1. The normalized spacial score (nSPS) is 16.3.